The molecule has 25 heavy (non-hydrogen) atoms. The van der Waals surface area contributed by atoms with Gasteiger partial charge < -0.3 is 14.7 Å². The van der Waals surface area contributed by atoms with Gasteiger partial charge in [-0.25, -0.2) is 4.79 Å². The first kappa shape index (κ1) is 17.9. The molecule has 2 heterocycles. The number of carbonyl (C=O) groups is 2. The maximum atomic E-state index is 13.2. The largest absolute Gasteiger partial charge is 0.478 e. The van der Waals surface area contributed by atoms with Crippen molar-refractivity contribution in [3.8, 4) is 0 Å². The van der Waals surface area contributed by atoms with Crippen molar-refractivity contribution in [3.05, 3.63) is 35.4 Å². The number of carboxylic acid groups (broad SMARTS) is 1. The number of rotatable bonds is 6. The lowest BCUT2D eigenvalue weighted by Crippen LogP contribution is -2.60. The second kappa shape index (κ2) is 7.54. The maximum Gasteiger partial charge on any atom is 0.335 e. The zero-order valence-electron chi connectivity index (χ0n) is 14.7. The van der Waals surface area contributed by atoms with Crippen molar-refractivity contribution in [1.82, 2.24) is 9.80 Å². The van der Waals surface area contributed by atoms with Crippen molar-refractivity contribution < 1.29 is 19.4 Å². The molecule has 1 aromatic rings. The fourth-order valence-corrected chi connectivity index (χ4v) is 4.14. The van der Waals surface area contributed by atoms with Crippen LogP contribution in [-0.4, -0.2) is 65.7 Å². The summed E-state index contributed by atoms with van der Waals surface area (Å²) in [4.78, 5) is 28.4. The minimum absolute atomic E-state index is 0.232. The Hall–Kier alpha value is -1.92. The number of aromatic carboxylic acids is 1. The van der Waals surface area contributed by atoms with E-state index in [1.165, 1.54) is 0 Å². The molecule has 6 nitrogen and oxygen atoms in total. The number of carbonyl (C=O) groups excluding carboxylic acids is 1. The third-order valence-electron chi connectivity index (χ3n) is 5.47. The summed E-state index contributed by atoms with van der Waals surface area (Å²) in [7, 11) is 1.66. The number of carboxylic acids is 1. The van der Waals surface area contributed by atoms with Gasteiger partial charge in [0.25, 0.3) is 0 Å². The van der Waals surface area contributed by atoms with E-state index in [1.807, 2.05) is 17.0 Å². The number of piperidine rings is 1. The molecule has 1 amide bonds. The van der Waals surface area contributed by atoms with Crippen LogP contribution >= 0.6 is 0 Å². The van der Waals surface area contributed by atoms with E-state index in [1.54, 1.807) is 19.2 Å². The van der Waals surface area contributed by atoms with Crippen LogP contribution in [0.3, 0.4) is 0 Å². The highest BCUT2D eigenvalue weighted by Crippen LogP contribution is 2.39. The Morgan fingerprint density at radius 1 is 1.20 bits per heavy atom. The van der Waals surface area contributed by atoms with E-state index in [4.69, 9.17) is 9.84 Å². The summed E-state index contributed by atoms with van der Waals surface area (Å²) >= 11 is 0. The van der Waals surface area contributed by atoms with E-state index in [2.05, 4.69) is 4.90 Å². The molecule has 0 bridgehead atoms. The molecular formula is C19H26N2O4. The lowest BCUT2D eigenvalue weighted by Gasteiger charge is -2.44. The van der Waals surface area contributed by atoms with Crippen LogP contribution in [-0.2, 0) is 16.1 Å². The quantitative estimate of drug-likeness (QED) is 0.853. The average molecular weight is 346 g/mol. The number of hydrogen-bond acceptors (Lipinski definition) is 4. The van der Waals surface area contributed by atoms with E-state index in [0.717, 1.165) is 44.3 Å². The highest BCUT2D eigenvalue weighted by Gasteiger charge is 2.50. The van der Waals surface area contributed by atoms with Gasteiger partial charge in [-0.15, -0.1) is 0 Å². The molecule has 0 saturated carbocycles. The second-order valence-electron chi connectivity index (χ2n) is 6.95. The summed E-state index contributed by atoms with van der Waals surface area (Å²) in [5.74, 6) is -0.684. The molecule has 2 aliphatic heterocycles. The standard InChI is InChI=1S/C19H26N2O4/c1-25-13-12-20-10-2-8-19(18(20)24)9-3-11-21(19)14-15-4-6-16(7-5-15)17(22)23/h4-7H,2-3,8-14H2,1H3,(H,22,23). The zero-order chi connectivity index (χ0) is 17.9. The van der Waals surface area contributed by atoms with Gasteiger partial charge in [0.2, 0.25) is 5.91 Å². The first-order valence-corrected chi connectivity index (χ1v) is 8.92. The van der Waals surface area contributed by atoms with Gasteiger partial charge in [0, 0.05) is 26.7 Å². The molecule has 3 rings (SSSR count). The van der Waals surface area contributed by atoms with E-state index in [0.29, 0.717) is 25.3 Å². The van der Waals surface area contributed by atoms with Crippen LogP contribution in [0.1, 0.15) is 41.6 Å². The number of hydrogen-bond donors (Lipinski definition) is 1. The molecule has 2 saturated heterocycles. The topological polar surface area (TPSA) is 70.1 Å². The summed E-state index contributed by atoms with van der Waals surface area (Å²) in [6, 6.07) is 6.97. The molecular weight excluding hydrogens is 320 g/mol. The van der Waals surface area contributed by atoms with Gasteiger partial charge in [-0.2, -0.15) is 0 Å². The van der Waals surface area contributed by atoms with Crippen LogP contribution in [0.4, 0.5) is 0 Å². The van der Waals surface area contributed by atoms with Gasteiger partial charge in [0.1, 0.15) is 5.54 Å². The Balaban J connectivity index is 1.74. The van der Waals surface area contributed by atoms with Crippen molar-refractivity contribution in [2.24, 2.45) is 0 Å². The van der Waals surface area contributed by atoms with Crippen molar-refractivity contribution in [2.45, 2.75) is 37.8 Å². The van der Waals surface area contributed by atoms with Crippen molar-refractivity contribution >= 4 is 11.9 Å². The fourth-order valence-electron chi connectivity index (χ4n) is 4.14. The number of likely N-dealkylation sites (tertiary alicyclic amines) is 2. The molecule has 0 aromatic heterocycles. The maximum absolute atomic E-state index is 13.2. The second-order valence-corrected chi connectivity index (χ2v) is 6.95. The van der Waals surface area contributed by atoms with Crippen LogP contribution in [0, 0.1) is 0 Å². The summed E-state index contributed by atoms with van der Waals surface area (Å²) in [6.07, 6.45) is 3.85. The molecule has 1 spiro atoms. The van der Waals surface area contributed by atoms with Gasteiger partial charge in [-0.3, -0.25) is 9.69 Å². The van der Waals surface area contributed by atoms with Crippen molar-refractivity contribution in [1.29, 1.82) is 0 Å². The predicted octanol–water partition coefficient (Wildman–Crippen LogP) is 1.99. The number of amides is 1. The molecule has 136 valence electrons. The van der Waals surface area contributed by atoms with Gasteiger partial charge in [-0.05, 0) is 49.9 Å². The third kappa shape index (κ3) is 3.55. The lowest BCUT2D eigenvalue weighted by molar-refractivity contribution is -0.148. The van der Waals surface area contributed by atoms with E-state index < -0.39 is 11.5 Å². The van der Waals surface area contributed by atoms with E-state index in [-0.39, 0.29) is 5.91 Å². The highest BCUT2D eigenvalue weighted by atomic mass is 16.5. The first-order valence-electron chi connectivity index (χ1n) is 8.92. The Bertz CT molecular complexity index is 631. The van der Waals surface area contributed by atoms with Crippen molar-refractivity contribution in [2.75, 3.05) is 33.4 Å². The van der Waals surface area contributed by atoms with Crippen LogP contribution in [0.25, 0.3) is 0 Å². The Morgan fingerprint density at radius 3 is 2.52 bits per heavy atom. The molecule has 0 radical (unpaired) electrons. The number of nitrogens with zero attached hydrogens (tertiary/aromatic N) is 2. The number of ether oxygens (including phenoxy) is 1. The normalized spacial score (nSPS) is 24.2. The summed E-state index contributed by atoms with van der Waals surface area (Å²) in [5.41, 5.74) is 0.949. The number of methoxy groups -OCH3 is 1. The van der Waals surface area contributed by atoms with E-state index in [9.17, 15) is 9.59 Å². The third-order valence-corrected chi connectivity index (χ3v) is 5.47. The van der Waals surface area contributed by atoms with Crippen LogP contribution in [0.5, 0.6) is 0 Å². The minimum atomic E-state index is -0.916. The first-order chi connectivity index (χ1) is 12.1. The van der Waals surface area contributed by atoms with Gasteiger partial charge in [0.15, 0.2) is 0 Å². The minimum Gasteiger partial charge on any atom is -0.478 e. The molecule has 1 aromatic carbocycles. The summed E-state index contributed by atoms with van der Waals surface area (Å²) < 4.78 is 5.14. The Morgan fingerprint density at radius 2 is 1.88 bits per heavy atom. The summed E-state index contributed by atoms with van der Waals surface area (Å²) in [5, 5.41) is 9.02. The Kier molecular flexibility index (Phi) is 5.39. The van der Waals surface area contributed by atoms with Gasteiger partial charge in [0.05, 0.1) is 12.2 Å². The SMILES string of the molecule is COCCN1CCCC2(CCCN2Cc2ccc(C(=O)O)cc2)C1=O. The molecule has 1 N–H and O–H groups in total. The predicted molar refractivity (Wildman–Crippen MR) is 93.5 cm³/mol. The molecule has 1 atom stereocenters. The van der Waals surface area contributed by atoms with Crippen molar-refractivity contribution in [3.63, 3.8) is 0 Å². The Labute approximate surface area is 148 Å². The molecule has 1 unspecified atom stereocenters. The van der Waals surface area contributed by atoms with Gasteiger partial charge >= 0.3 is 5.97 Å². The highest BCUT2D eigenvalue weighted by molar-refractivity contribution is 5.88. The van der Waals surface area contributed by atoms with E-state index >= 15 is 0 Å². The summed E-state index contributed by atoms with van der Waals surface area (Å²) in [6.45, 7) is 3.62. The molecule has 6 heteroatoms. The molecule has 0 aliphatic carbocycles. The van der Waals surface area contributed by atoms with Crippen LogP contribution in [0.15, 0.2) is 24.3 Å². The van der Waals surface area contributed by atoms with Crippen LogP contribution in [0.2, 0.25) is 0 Å². The number of benzene rings is 1. The smallest absolute Gasteiger partial charge is 0.335 e. The fraction of sp³-hybridized carbons (Fsp3) is 0.579. The molecule has 2 fully saturated rings. The lowest BCUT2D eigenvalue weighted by atomic mass is 9.85. The monoisotopic (exact) mass is 346 g/mol. The molecule has 2 aliphatic rings. The van der Waals surface area contributed by atoms with Gasteiger partial charge in [-0.1, -0.05) is 12.1 Å². The zero-order valence-corrected chi connectivity index (χ0v) is 14.7. The average Bonchev–Trinajstić information content (AvgIpc) is 3.00. The van der Waals surface area contributed by atoms with Crippen LogP contribution < -0.4 is 0 Å².